The van der Waals surface area contributed by atoms with Crippen molar-refractivity contribution in [2.24, 2.45) is 0 Å². The summed E-state index contributed by atoms with van der Waals surface area (Å²) in [6.45, 7) is 3.42. The van der Waals surface area contributed by atoms with E-state index in [1.807, 2.05) is 11.8 Å². The van der Waals surface area contributed by atoms with Crippen molar-refractivity contribution in [3.05, 3.63) is 54.1 Å². The van der Waals surface area contributed by atoms with Gasteiger partial charge in [-0.1, -0.05) is 30.5 Å². The normalized spacial score (nSPS) is 14.5. The molecular weight excluding hydrogens is 414 g/mol. The van der Waals surface area contributed by atoms with Gasteiger partial charge >= 0.3 is 6.03 Å². The number of urea groups is 1. The van der Waals surface area contributed by atoms with Gasteiger partial charge < -0.3 is 15.5 Å². The van der Waals surface area contributed by atoms with Crippen molar-refractivity contribution >= 4 is 33.2 Å². The van der Waals surface area contributed by atoms with E-state index in [0.717, 1.165) is 44.3 Å². The molecule has 0 saturated carbocycles. The van der Waals surface area contributed by atoms with E-state index in [1.165, 1.54) is 0 Å². The molecule has 0 atom stereocenters. The zero-order chi connectivity index (χ0) is 22.3. The first-order valence-electron chi connectivity index (χ1n) is 10.6. The molecule has 0 spiro atoms. The average molecular weight is 444 g/mol. The number of rotatable bonds is 6. The second-order valence-electron chi connectivity index (χ2n) is 7.84. The van der Waals surface area contributed by atoms with E-state index in [9.17, 15) is 18.0 Å². The molecule has 1 fully saturated rings. The summed E-state index contributed by atoms with van der Waals surface area (Å²) in [6.07, 6.45) is 4.23. The van der Waals surface area contributed by atoms with Crippen LogP contribution in [0.25, 0.3) is 0 Å². The van der Waals surface area contributed by atoms with Crippen LogP contribution in [0, 0.1) is 6.92 Å². The summed E-state index contributed by atoms with van der Waals surface area (Å²) in [7, 11) is -3.51. The number of amides is 3. The third-order valence-corrected chi connectivity index (χ3v) is 7.02. The fourth-order valence-corrected chi connectivity index (χ4v) is 4.67. The lowest BCUT2D eigenvalue weighted by Gasteiger charge is -2.20. The monoisotopic (exact) mass is 443 g/mol. The molecule has 2 aromatic carbocycles. The van der Waals surface area contributed by atoms with Gasteiger partial charge in [0.05, 0.1) is 10.6 Å². The van der Waals surface area contributed by atoms with E-state index in [4.69, 9.17) is 0 Å². The quantitative estimate of drug-likeness (QED) is 0.699. The van der Waals surface area contributed by atoms with E-state index < -0.39 is 9.84 Å². The van der Waals surface area contributed by atoms with Crippen molar-refractivity contribution in [1.82, 2.24) is 4.90 Å². The second kappa shape index (κ2) is 10.4. The number of sulfone groups is 1. The molecule has 2 N–H and O–H groups in total. The Hall–Kier alpha value is -2.87. The van der Waals surface area contributed by atoms with Gasteiger partial charge in [0.25, 0.3) is 0 Å². The van der Waals surface area contributed by atoms with Gasteiger partial charge in [0.2, 0.25) is 5.91 Å². The van der Waals surface area contributed by atoms with Gasteiger partial charge in [-0.15, -0.1) is 0 Å². The maximum atomic E-state index is 12.4. The summed E-state index contributed by atoms with van der Waals surface area (Å²) >= 11 is 0. The lowest BCUT2D eigenvalue weighted by atomic mass is 10.2. The van der Waals surface area contributed by atoms with Crippen LogP contribution < -0.4 is 10.6 Å². The predicted octanol–water partition coefficient (Wildman–Crippen LogP) is 4.21. The summed E-state index contributed by atoms with van der Waals surface area (Å²) in [6, 6.07) is 13.3. The first-order chi connectivity index (χ1) is 14.8. The number of benzene rings is 2. The zero-order valence-corrected chi connectivity index (χ0v) is 18.6. The Morgan fingerprint density at radius 3 is 1.97 bits per heavy atom. The van der Waals surface area contributed by atoms with E-state index in [1.54, 1.807) is 48.5 Å². The molecule has 1 heterocycles. The molecule has 1 aliphatic rings. The van der Waals surface area contributed by atoms with Crippen LogP contribution in [0.2, 0.25) is 0 Å². The standard InChI is InChI=1S/C23H29N3O4S/c1-18-6-12-21(13-7-18)31(29,30)17-14-22(27)24-19-8-10-20(11-9-19)25-23(28)26-15-4-2-3-5-16-26/h6-13H,2-5,14-17H2,1H3,(H,24,27)(H,25,28). The van der Waals surface area contributed by atoms with Gasteiger partial charge in [0.1, 0.15) is 0 Å². The van der Waals surface area contributed by atoms with E-state index >= 15 is 0 Å². The number of aryl methyl sites for hydroxylation is 1. The minimum absolute atomic E-state index is 0.111. The third-order valence-electron chi connectivity index (χ3n) is 5.29. The van der Waals surface area contributed by atoms with Gasteiger partial charge in [0.15, 0.2) is 9.84 Å². The number of anilines is 2. The van der Waals surface area contributed by atoms with Crippen LogP contribution in [-0.4, -0.2) is 44.1 Å². The Bertz CT molecular complexity index is 994. The average Bonchev–Trinajstić information content (AvgIpc) is 3.04. The van der Waals surface area contributed by atoms with Crippen molar-refractivity contribution in [3.8, 4) is 0 Å². The van der Waals surface area contributed by atoms with Gasteiger partial charge in [0, 0.05) is 30.9 Å². The molecule has 3 rings (SSSR count). The molecular formula is C23H29N3O4S. The van der Waals surface area contributed by atoms with Crippen molar-refractivity contribution in [2.45, 2.75) is 43.9 Å². The summed E-state index contributed by atoms with van der Waals surface area (Å²) < 4.78 is 24.8. The lowest BCUT2D eigenvalue weighted by Crippen LogP contribution is -2.35. The van der Waals surface area contributed by atoms with Crippen molar-refractivity contribution in [1.29, 1.82) is 0 Å². The Morgan fingerprint density at radius 2 is 1.39 bits per heavy atom. The van der Waals surface area contributed by atoms with Crippen LogP contribution in [0.4, 0.5) is 16.2 Å². The molecule has 7 nitrogen and oxygen atoms in total. The number of hydrogen-bond acceptors (Lipinski definition) is 4. The van der Waals surface area contributed by atoms with Gasteiger partial charge in [-0.3, -0.25) is 4.79 Å². The van der Waals surface area contributed by atoms with Gasteiger partial charge in [-0.25, -0.2) is 13.2 Å². The highest BCUT2D eigenvalue weighted by Gasteiger charge is 2.17. The van der Waals surface area contributed by atoms with Crippen molar-refractivity contribution < 1.29 is 18.0 Å². The van der Waals surface area contributed by atoms with E-state index in [0.29, 0.717) is 11.4 Å². The molecule has 0 aliphatic carbocycles. The molecule has 0 bridgehead atoms. The zero-order valence-electron chi connectivity index (χ0n) is 17.8. The molecule has 3 amide bonds. The number of carbonyl (C=O) groups is 2. The largest absolute Gasteiger partial charge is 0.326 e. The minimum Gasteiger partial charge on any atom is -0.326 e. The molecule has 31 heavy (non-hydrogen) atoms. The Kier molecular flexibility index (Phi) is 7.68. The Morgan fingerprint density at radius 1 is 0.839 bits per heavy atom. The Balaban J connectivity index is 1.49. The molecule has 0 radical (unpaired) electrons. The van der Waals surface area contributed by atoms with Crippen LogP contribution >= 0.6 is 0 Å². The van der Waals surface area contributed by atoms with Crippen LogP contribution in [0.5, 0.6) is 0 Å². The number of nitrogens with zero attached hydrogens (tertiary/aromatic N) is 1. The predicted molar refractivity (Wildman–Crippen MR) is 122 cm³/mol. The topological polar surface area (TPSA) is 95.6 Å². The summed E-state index contributed by atoms with van der Waals surface area (Å²) in [5, 5.41) is 5.58. The van der Waals surface area contributed by atoms with Crippen LogP contribution in [0.3, 0.4) is 0 Å². The van der Waals surface area contributed by atoms with Crippen LogP contribution in [0.15, 0.2) is 53.4 Å². The number of nitrogens with one attached hydrogen (secondary N) is 2. The fraction of sp³-hybridized carbons (Fsp3) is 0.391. The second-order valence-corrected chi connectivity index (χ2v) is 9.95. The van der Waals surface area contributed by atoms with Gasteiger partial charge in [-0.05, 0) is 56.2 Å². The maximum Gasteiger partial charge on any atom is 0.321 e. The molecule has 0 aromatic heterocycles. The minimum atomic E-state index is -3.51. The maximum absolute atomic E-state index is 12.4. The van der Waals surface area contributed by atoms with Crippen LogP contribution in [0.1, 0.15) is 37.7 Å². The molecule has 0 unspecified atom stereocenters. The number of carbonyl (C=O) groups excluding carboxylic acids is 2. The fourth-order valence-electron chi connectivity index (χ4n) is 3.43. The Labute approximate surface area is 183 Å². The highest BCUT2D eigenvalue weighted by atomic mass is 32.2. The third kappa shape index (κ3) is 6.82. The highest BCUT2D eigenvalue weighted by Crippen LogP contribution is 2.17. The summed E-state index contributed by atoms with van der Waals surface area (Å²) in [5.41, 5.74) is 2.17. The highest BCUT2D eigenvalue weighted by molar-refractivity contribution is 7.91. The van der Waals surface area contributed by atoms with Crippen molar-refractivity contribution in [3.63, 3.8) is 0 Å². The molecule has 166 valence electrons. The summed E-state index contributed by atoms with van der Waals surface area (Å²) in [4.78, 5) is 26.6. The summed E-state index contributed by atoms with van der Waals surface area (Å²) in [5.74, 6) is -0.636. The number of likely N-dealkylation sites (tertiary alicyclic amines) is 1. The van der Waals surface area contributed by atoms with Crippen molar-refractivity contribution in [2.75, 3.05) is 29.5 Å². The lowest BCUT2D eigenvalue weighted by molar-refractivity contribution is -0.115. The first kappa shape index (κ1) is 22.8. The number of hydrogen-bond donors (Lipinski definition) is 2. The van der Waals surface area contributed by atoms with Crippen LogP contribution in [-0.2, 0) is 14.6 Å². The van der Waals surface area contributed by atoms with Gasteiger partial charge in [-0.2, -0.15) is 0 Å². The molecule has 1 saturated heterocycles. The van der Waals surface area contributed by atoms with E-state index in [2.05, 4.69) is 10.6 Å². The molecule has 1 aliphatic heterocycles. The smallest absolute Gasteiger partial charge is 0.321 e. The molecule has 2 aromatic rings. The first-order valence-corrected chi connectivity index (χ1v) is 12.2. The SMILES string of the molecule is Cc1ccc(S(=O)(=O)CCC(=O)Nc2ccc(NC(=O)N3CCCCCC3)cc2)cc1. The van der Waals surface area contributed by atoms with E-state index in [-0.39, 0.29) is 29.0 Å². The molecule has 8 heteroatoms.